The first-order valence-electron chi connectivity index (χ1n) is 5.94. The van der Waals surface area contributed by atoms with Crippen molar-refractivity contribution in [2.45, 2.75) is 17.7 Å². The Morgan fingerprint density at radius 1 is 1.38 bits per heavy atom. The Kier molecular flexibility index (Phi) is 4.46. The first-order chi connectivity index (χ1) is 9.76. The van der Waals surface area contributed by atoms with E-state index >= 15 is 0 Å². The van der Waals surface area contributed by atoms with Crippen LogP contribution in [0.5, 0.6) is 0 Å². The highest BCUT2D eigenvalue weighted by atomic mass is 35.5. The second-order valence-corrected chi connectivity index (χ2v) is 7.20. The average Bonchev–Trinajstić information content (AvgIpc) is 2.86. The maximum absolute atomic E-state index is 11.7. The second-order valence-electron chi connectivity index (χ2n) is 4.77. The van der Waals surface area contributed by atoms with Crippen LogP contribution in [0.4, 0.5) is 0 Å². The third kappa shape index (κ3) is 3.48. The normalized spacial score (nSPS) is 22.2. The molecule has 0 bridgehead atoms. The molecule has 0 saturated heterocycles. The van der Waals surface area contributed by atoms with E-state index in [-0.39, 0.29) is 6.42 Å². The summed E-state index contributed by atoms with van der Waals surface area (Å²) in [6.45, 7) is 1.04. The fourth-order valence-corrected chi connectivity index (χ4v) is 2.85. The molecule has 2 rings (SSSR count). The van der Waals surface area contributed by atoms with E-state index in [0.717, 1.165) is 0 Å². The highest BCUT2D eigenvalue weighted by Gasteiger charge is 2.69. The lowest BCUT2D eigenvalue weighted by Crippen LogP contribution is -2.43. The van der Waals surface area contributed by atoms with E-state index in [2.05, 4.69) is 10.9 Å². The third-order valence-electron chi connectivity index (χ3n) is 3.10. The predicted octanol–water partition coefficient (Wildman–Crippen LogP) is 1.64. The van der Waals surface area contributed by atoms with Crippen LogP contribution in [0.1, 0.15) is 23.0 Å². The Bertz CT molecular complexity index is 576. The van der Waals surface area contributed by atoms with Gasteiger partial charge < -0.3 is 4.74 Å². The molecule has 0 spiro atoms. The number of carbonyl (C=O) groups excluding carboxylic acids is 3. The highest BCUT2D eigenvalue weighted by Crippen LogP contribution is 2.64. The number of esters is 1. The SMILES string of the molecule is CC1(C(=O)OCC(=O)NNC(=O)c2cccs2)CC1(Cl)Cl. The molecule has 21 heavy (non-hydrogen) atoms. The minimum absolute atomic E-state index is 0.276. The zero-order valence-electron chi connectivity index (χ0n) is 10.9. The minimum atomic E-state index is -1.14. The molecule has 1 aromatic rings. The van der Waals surface area contributed by atoms with Gasteiger partial charge >= 0.3 is 5.97 Å². The number of alkyl halides is 2. The molecule has 0 radical (unpaired) electrons. The molecule has 1 heterocycles. The lowest BCUT2D eigenvalue weighted by Gasteiger charge is -2.12. The maximum atomic E-state index is 11.7. The lowest BCUT2D eigenvalue weighted by molar-refractivity contribution is -0.153. The summed E-state index contributed by atoms with van der Waals surface area (Å²) in [6, 6.07) is 3.32. The van der Waals surface area contributed by atoms with Crippen LogP contribution < -0.4 is 10.9 Å². The van der Waals surface area contributed by atoms with Gasteiger partial charge in [-0.1, -0.05) is 6.07 Å². The first-order valence-corrected chi connectivity index (χ1v) is 7.57. The number of halogens is 2. The van der Waals surface area contributed by atoms with Gasteiger partial charge in [0.2, 0.25) is 0 Å². The van der Waals surface area contributed by atoms with E-state index in [1.807, 2.05) is 0 Å². The third-order valence-corrected chi connectivity index (χ3v) is 5.07. The molecule has 2 amide bonds. The van der Waals surface area contributed by atoms with E-state index < -0.39 is 34.1 Å². The van der Waals surface area contributed by atoms with Gasteiger partial charge in [-0.05, 0) is 18.4 Å². The molecule has 0 aromatic carbocycles. The Morgan fingerprint density at radius 3 is 2.57 bits per heavy atom. The molecule has 114 valence electrons. The number of hydrogen-bond donors (Lipinski definition) is 2. The molecule has 1 saturated carbocycles. The number of amides is 2. The minimum Gasteiger partial charge on any atom is -0.455 e. The standard InChI is InChI=1S/C12H12Cl2N2O4S/c1-11(6-12(11,13)14)10(19)20-5-8(17)15-16-9(18)7-3-2-4-21-7/h2-4H,5-6H2,1H3,(H,15,17)(H,16,18). The topological polar surface area (TPSA) is 84.5 Å². The zero-order valence-corrected chi connectivity index (χ0v) is 13.3. The number of thiophene rings is 1. The molecular weight excluding hydrogens is 339 g/mol. The summed E-state index contributed by atoms with van der Waals surface area (Å²) in [5.41, 5.74) is 3.36. The fourth-order valence-electron chi connectivity index (χ4n) is 1.54. The van der Waals surface area contributed by atoms with Crippen molar-refractivity contribution in [2.75, 3.05) is 6.61 Å². The van der Waals surface area contributed by atoms with Crippen molar-refractivity contribution in [1.82, 2.24) is 10.9 Å². The average molecular weight is 351 g/mol. The van der Waals surface area contributed by atoms with Gasteiger partial charge in [0.25, 0.3) is 11.8 Å². The van der Waals surface area contributed by atoms with Crippen molar-refractivity contribution in [1.29, 1.82) is 0 Å². The van der Waals surface area contributed by atoms with E-state index in [9.17, 15) is 14.4 Å². The van der Waals surface area contributed by atoms with E-state index in [1.165, 1.54) is 11.3 Å². The van der Waals surface area contributed by atoms with Crippen molar-refractivity contribution >= 4 is 52.3 Å². The molecule has 2 N–H and O–H groups in total. The Morgan fingerprint density at radius 2 is 2.05 bits per heavy atom. The van der Waals surface area contributed by atoms with E-state index in [4.69, 9.17) is 27.9 Å². The quantitative estimate of drug-likeness (QED) is 0.491. The Hall–Kier alpha value is -1.31. The van der Waals surface area contributed by atoms with Gasteiger partial charge in [-0.2, -0.15) is 0 Å². The van der Waals surface area contributed by atoms with Crippen LogP contribution in [0.15, 0.2) is 17.5 Å². The summed E-state index contributed by atoms with van der Waals surface area (Å²) >= 11 is 12.9. The monoisotopic (exact) mass is 350 g/mol. The Balaban J connectivity index is 1.71. The van der Waals surface area contributed by atoms with Crippen molar-refractivity contribution in [3.63, 3.8) is 0 Å². The summed E-state index contributed by atoms with van der Waals surface area (Å²) in [6.07, 6.45) is 0.276. The molecule has 0 aliphatic heterocycles. The zero-order chi connectivity index (χ0) is 15.7. The molecule has 1 unspecified atom stereocenters. The molecule has 1 aliphatic rings. The van der Waals surface area contributed by atoms with Crippen molar-refractivity contribution in [3.8, 4) is 0 Å². The molecule has 1 atom stereocenters. The van der Waals surface area contributed by atoms with Gasteiger partial charge in [0.15, 0.2) is 6.61 Å². The molecule has 1 aliphatic carbocycles. The number of hydrogen-bond acceptors (Lipinski definition) is 5. The van der Waals surface area contributed by atoms with Gasteiger partial charge in [-0.25, -0.2) is 0 Å². The second kappa shape index (κ2) is 5.82. The van der Waals surface area contributed by atoms with Crippen LogP contribution in [0.2, 0.25) is 0 Å². The lowest BCUT2D eigenvalue weighted by atomic mass is 10.1. The van der Waals surface area contributed by atoms with Crippen molar-refractivity contribution < 1.29 is 19.1 Å². The maximum Gasteiger partial charge on any atom is 0.315 e. The summed E-state index contributed by atoms with van der Waals surface area (Å²) < 4.78 is 3.68. The molecular formula is C12H12Cl2N2O4S. The molecule has 9 heteroatoms. The van der Waals surface area contributed by atoms with E-state index in [1.54, 1.807) is 24.4 Å². The smallest absolute Gasteiger partial charge is 0.315 e. The van der Waals surface area contributed by atoms with Crippen LogP contribution in [0.3, 0.4) is 0 Å². The summed E-state index contributed by atoms with van der Waals surface area (Å²) in [7, 11) is 0. The van der Waals surface area contributed by atoms with Gasteiger partial charge in [0, 0.05) is 6.42 Å². The van der Waals surface area contributed by atoms with Crippen LogP contribution in [-0.2, 0) is 14.3 Å². The number of hydrazine groups is 1. The first kappa shape index (κ1) is 16.1. The largest absolute Gasteiger partial charge is 0.455 e. The van der Waals surface area contributed by atoms with Crippen LogP contribution in [0, 0.1) is 5.41 Å². The summed E-state index contributed by atoms with van der Waals surface area (Å²) in [4.78, 5) is 35.2. The van der Waals surface area contributed by atoms with Gasteiger partial charge in [-0.15, -0.1) is 34.5 Å². The van der Waals surface area contributed by atoms with Gasteiger partial charge in [0.05, 0.1) is 4.88 Å². The van der Waals surface area contributed by atoms with Crippen molar-refractivity contribution in [2.24, 2.45) is 5.41 Å². The van der Waals surface area contributed by atoms with Gasteiger partial charge in [-0.3, -0.25) is 25.2 Å². The predicted molar refractivity (Wildman–Crippen MR) is 78.0 cm³/mol. The molecule has 1 aromatic heterocycles. The summed E-state index contributed by atoms with van der Waals surface area (Å²) in [5.74, 6) is -1.75. The number of ether oxygens (including phenoxy) is 1. The highest BCUT2D eigenvalue weighted by molar-refractivity contribution is 7.12. The van der Waals surface area contributed by atoms with Crippen molar-refractivity contribution in [3.05, 3.63) is 22.4 Å². The number of nitrogens with one attached hydrogen (secondary N) is 2. The number of carbonyl (C=O) groups is 3. The van der Waals surface area contributed by atoms with Gasteiger partial charge in [0.1, 0.15) is 9.75 Å². The fraction of sp³-hybridized carbons (Fsp3) is 0.417. The van der Waals surface area contributed by atoms with E-state index in [0.29, 0.717) is 4.88 Å². The number of rotatable bonds is 4. The Labute approximate surface area is 134 Å². The summed E-state index contributed by atoms with van der Waals surface area (Å²) in [5, 5.41) is 1.74. The van der Waals surface area contributed by atoms with Crippen LogP contribution in [-0.4, -0.2) is 28.7 Å². The molecule has 1 fully saturated rings. The molecule has 6 nitrogen and oxygen atoms in total. The van der Waals surface area contributed by atoms with Crippen LogP contribution in [0.25, 0.3) is 0 Å². The van der Waals surface area contributed by atoms with Crippen LogP contribution >= 0.6 is 34.5 Å².